The van der Waals surface area contributed by atoms with Gasteiger partial charge in [0.25, 0.3) is 0 Å². The van der Waals surface area contributed by atoms with Crippen molar-refractivity contribution in [2.24, 2.45) is 0 Å². The Balaban J connectivity index is 2.67. The second kappa shape index (κ2) is 5.89. The molecule has 1 amide bonds. The van der Waals surface area contributed by atoms with Crippen molar-refractivity contribution < 1.29 is 19.4 Å². The minimum Gasteiger partial charge on any atom is -0.480 e. The molecule has 0 saturated carbocycles. The van der Waals surface area contributed by atoms with Crippen molar-refractivity contribution >= 4 is 12.1 Å². The topological polar surface area (TPSA) is 66.8 Å². The van der Waals surface area contributed by atoms with Crippen LogP contribution in [0.5, 0.6) is 5.75 Å². The number of hydrogen-bond acceptors (Lipinski definition) is 3. The number of amides is 1. The van der Waals surface area contributed by atoms with Gasteiger partial charge in [-0.25, -0.2) is 9.59 Å². The molecule has 0 saturated heterocycles. The summed E-state index contributed by atoms with van der Waals surface area (Å²) in [6, 6.07) is 7.66. The molecule has 1 aromatic rings. The molecule has 0 bridgehead atoms. The van der Waals surface area contributed by atoms with Crippen LogP contribution in [0.15, 0.2) is 30.3 Å². The number of para-hydroxylation sites is 1. The normalized spacial score (nSPS) is 11.6. The van der Waals surface area contributed by atoms with Crippen molar-refractivity contribution in [3.63, 3.8) is 0 Å². The summed E-state index contributed by atoms with van der Waals surface area (Å²) >= 11 is 0. The van der Waals surface area contributed by atoms with Crippen LogP contribution in [0.4, 0.5) is 4.79 Å². The molecule has 0 fully saturated rings. The van der Waals surface area contributed by atoms with Gasteiger partial charge >= 0.3 is 12.1 Å². The van der Waals surface area contributed by atoms with Gasteiger partial charge in [0.1, 0.15) is 11.8 Å². The Kier molecular flexibility index (Phi) is 4.51. The summed E-state index contributed by atoms with van der Waals surface area (Å²) in [5.41, 5.74) is 0. The van der Waals surface area contributed by atoms with Crippen molar-refractivity contribution in [3.05, 3.63) is 30.3 Å². The number of nitrogens with zero attached hydrogens (tertiary/aromatic N) is 1. The quantitative estimate of drug-likeness (QED) is 0.869. The van der Waals surface area contributed by atoms with Gasteiger partial charge in [0.2, 0.25) is 0 Å². The summed E-state index contributed by atoms with van der Waals surface area (Å²) in [5, 5.41) is 8.91. The van der Waals surface area contributed by atoms with E-state index < -0.39 is 18.1 Å². The molecule has 0 heterocycles. The Bertz CT molecular complexity index is 391. The second-order valence-corrected chi connectivity index (χ2v) is 3.55. The molecule has 0 aliphatic rings. The molecule has 5 heteroatoms. The molecule has 0 radical (unpaired) electrons. The molecule has 0 aliphatic carbocycles. The first-order chi connectivity index (χ1) is 8.06. The fraction of sp³-hybridized carbons (Fsp3) is 0.333. The van der Waals surface area contributed by atoms with Gasteiger partial charge in [0.15, 0.2) is 0 Å². The van der Waals surface area contributed by atoms with Gasteiger partial charge in [0, 0.05) is 7.05 Å². The average molecular weight is 237 g/mol. The highest BCUT2D eigenvalue weighted by atomic mass is 16.6. The van der Waals surface area contributed by atoms with E-state index in [-0.39, 0.29) is 0 Å². The van der Waals surface area contributed by atoms with Crippen LogP contribution in [-0.2, 0) is 4.79 Å². The van der Waals surface area contributed by atoms with E-state index in [1.165, 1.54) is 7.05 Å². The van der Waals surface area contributed by atoms with Gasteiger partial charge in [-0.2, -0.15) is 0 Å². The number of benzene rings is 1. The zero-order chi connectivity index (χ0) is 12.8. The third kappa shape index (κ3) is 3.48. The molecule has 17 heavy (non-hydrogen) atoms. The molecule has 92 valence electrons. The number of likely N-dealkylation sites (N-methyl/N-ethyl adjacent to an activating group) is 1. The fourth-order valence-corrected chi connectivity index (χ4v) is 1.40. The van der Waals surface area contributed by atoms with Crippen LogP contribution in [-0.4, -0.2) is 35.2 Å². The number of ether oxygens (including phenoxy) is 1. The lowest BCUT2D eigenvalue weighted by molar-refractivity contribution is -0.142. The predicted molar refractivity (Wildman–Crippen MR) is 61.9 cm³/mol. The molecule has 1 N–H and O–H groups in total. The Labute approximate surface area is 99.6 Å². The highest BCUT2D eigenvalue weighted by Gasteiger charge is 2.25. The van der Waals surface area contributed by atoms with E-state index in [0.29, 0.717) is 12.2 Å². The van der Waals surface area contributed by atoms with E-state index in [4.69, 9.17) is 9.84 Å². The van der Waals surface area contributed by atoms with E-state index in [1.54, 1.807) is 37.3 Å². The van der Waals surface area contributed by atoms with Crippen molar-refractivity contribution in [1.29, 1.82) is 0 Å². The van der Waals surface area contributed by atoms with Gasteiger partial charge in [-0.15, -0.1) is 0 Å². The zero-order valence-corrected chi connectivity index (χ0v) is 9.79. The Morgan fingerprint density at radius 2 is 1.94 bits per heavy atom. The summed E-state index contributed by atoms with van der Waals surface area (Å²) in [6.45, 7) is 1.70. The van der Waals surface area contributed by atoms with Crippen molar-refractivity contribution in [2.75, 3.05) is 7.05 Å². The van der Waals surface area contributed by atoms with Crippen LogP contribution < -0.4 is 4.74 Å². The molecule has 0 aromatic heterocycles. The van der Waals surface area contributed by atoms with Gasteiger partial charge in [-0.1, -0.05) is 25.1 Å². The summed E-state index contributed by atoms with van der Waals surface area (Å²) < 4.78 is 5.03. The standard InChI is InChI=1S/C12H15NO4/c1-3-10(11(14)15)13(2)12(16)17-9-7-5-4-6-8-9/h4-8,10H,3H2,1-2H3,(H,14,15). The number of aliphatic carboxylic acids is 1. The lowest BCUT2D eigenvalue weighted by Crippen LogP contribution is -2.43. The van der Waals surface area contributed by atoms with Crippen molar-refractivity contribution in [3.8, 4) is 5.75 Å². The molecular formula is C12H15NO4. The molecule has 1 atom stereocenters. The number of carbonyl (C=O) groups is 2. The van der Waals surface area contributed by atoms with Crippen LogP contribution in [0.2, 0.25) is 0 Å². The molecular weight excluding hydrogens is 222 g/mol. The predicted octanol–water partition coefficient (Wildman–Crippen LogP) is 1.98. The lowest BCUT2D eigenvalue weighted by Gasteiger charge is -2.22. The van der Waals surface area contributed by atoms with Crippen molar-refractivity contribution in [1.82, 2.24) is 4.90 Å². The van der Waals surface area contributed by atoms with Crippen LogP contribution in [0.3, 0.4) is 0 Å². The number of carboxylic acids is 1. The molecule has 1 aromatic carbocycles. The third-order valence-corrected chi connectivity index (χ3v) is 2.38. The van der Waals surface area contributed by atoms with Gasteiger partial charge in [-0.05, 0) is 18.6 Å². The van der Waals surface area contributed by atoms with Gasteiger partial charge in [-0.3, -0.25) is 4.90 Å². The molecule has 0 spiro atoms. The Hall–Kier alpha value is -2.04. The van der Waals surface area contributed by atoms with E-state index in [0.717, 1.165) is 4.90 Å². The maximum absolute atomic E-state index is 11.7. The fourth-order valence-electron chi connectivity index (χ4n) is 1.40. The number of carboxylic acid groups (broad SMARTS) is 1. The average Bonchev–Trinajstić information content (AvgIpc) is 2.30. The number of carbonyl (C=O) groups excluding carboxylic acids is 1. The van der Waals surface area contributed by atoms with E-state index in [2.05, 4.69) is 0 Å². The molecule has 1 unspecified atom stereocenters. The number of hydrogen-bond donors (Lipinski definition) is 1. The van der Waals surface area contributed by atoms with E-state index >= 15 is 0 Å². The summed E-state index contributed by atoms with van der Waals surface area (Å²) in [5.74, 6) is -0.649. The van der Waals surface area contributed by atoms with Crippen LogP contribution in [0, 0.1) is 0 Å². The first-order valence-electron chi connectivity index (χ1n) is 5.28. The maximum Gasteiger partial charge on any atom is 0.415 e. The second-order valence-electron chi connectivity index (χ2n) is 3.55. The van der Waals surface area contributed by atoms with Crippen LogP contribution >= 0.6 is 0 Å². The zero-order valence-electron chi connectivity index (χ0n) is 9.79. The minimum atomic E-state index is -1.04. The smallest absolute Gasteiger partial charge is 0.415 e. The summed E-state index contributed by atoms with van der Waals surface area (Å²) in [7, 11) is 1.41. The minimum absolute atomic E-state index is 0.329. The summed E-state index contributed by atoms with van der Waals surface area (Å²) in [4.78, 5) is 23.6. The largest absolute Gasteiger partial charge is 0.480 e. The molecule has 5 nitrogen and oxygen atoms in total. The first kappa shape index (κ1) is 13.0. The highest BCUT2D eigenvalue weighted by molar-refractivity contribution is 5.80. The highest BCUT2D eigenvalue weighted by Crippen LogP contribution is 2.11. The monoisotopic (exact) mass is 237 g/mol. The maximum atomic E-state index is 11.7. The lowest BCUT2D eigenvalue weighted by atomic mass is 10.2. The number of rotatable bonds is 4. The SMILES string of the molecule is CCC(C(=O)O)N(C)C(=O)Oc1ccccc1. The van der Waals surface area contributed by atoms with E-state index in [9.17, 15) is 9.59 Å². The van der Waals surface area contributed by atoms with Gasteiger partial charge < -0.3 is 9.84 Å². The van der Waals surface area contributed by atoms with Crippen LogP contribution in [0.25, 0.3) is 0 Å². The van der Waals surface area contributed by atoms with Crippen molar-refractivity contribution in [2.45, 2.75) is 19.4 Å². The molecule has 0 aliphatic heterocycles. The molecule has 1 rings (SSSR count). The van der Waals surface area contributed by atoms with Crippen LogP contribution in [0.1, 0.15) is 13.3 Å². The third-order valence-electron chi connectivity index (χ3n) is 2.38. The summed E-state index contributed by atoms with van der Waals surface area (Å²) in [6.07, 6.45) is -0.346. The van der Waals surface area contributed by atoms with Gasteiger partial charge in [0.05, 0.1) is 0 Å². The Morgan fingerprint density at radius 1 is 1.35 bits per heavy atom. The Morgan fingerprint density at radius 3 is 2.41 bits per heavy atom. The van der Waals surface area contributed by atoms with E-state index in [1.807, 2.05) is 0 Å². The first-order valence-corrected chi connectivity index (χ1v) is 5.28.